The lowest BCUT2D eigenvalue weighted by Crippen LogP contribution is -2.44. The second-order valence-corrected chi connectivity index (χ2v) is 7.04. The van der Waals surface area contributed by atoms with Gasteiger partial charge in [-0.15, -0.1) is 0 Å². The zero-order valence-corrected chi connectivity index (χ0v) is 13.5. The standard InChI is InChI=1S/C17H24N4O/c1-17(2,3)12-21-8-9-22-11-15(21)16-19-10-14(20-16)13-4-6-18-7-5-13/h4-7,10,15H,8-9,11-12H2,1-3H3,(H,19,20)/t15-/m0/s1. The smallest absolute Gasteiger partial charge is 0.126 e. The van der Waals surface area contributed by atoms with Crippen molar-refractivity contribution in [2.75, 3.05) is 26.3 Å². The van der Waals surface area contributed by atoms with Gasteiger partial charge < -0.3 is 9.72 Å². The van der Waals surface area contributed by atoms with E-state index >= 15 is 0 Å². The number of H-pyrrole nitrogens is 1. The molecule has 0 spiro atoms. The molecule has 0 unspecified atom stereocenters. The van der Waals surface area contributed by atoms with Crippen molar-refractivity contribution in [3.8, 4) is 11.3 Å². The first-order chi connectivity index (χ1) is 10.5. The van der Waals surface area contributed by atoms with Crippen molar-refractivity contribution in [1.82, 2.24) is 19.9 Å². The predicted molar refractivity (Wildman–Crippen MR) is 86.4 cm³/mol. The summed E-state index contributed by atoms with van der Waals surface area (Å²) in [5.74, 6) is 0.982. The van der Waals surface area contributed by atoms with E-state index in [1.165, 1.54) is 0 Å². The van der Waals surface area contributed by atoms with E-state index < -0.39 is 0 Å². The third-order valence-corrected chi connectivity index (χ3v) is 3.82. The Balaban J connectivity index is 1.81. The first kappa shape index (κ1) is 15.2. The molecule has 0 radical (unpaired) electrons. The van der Waals surface area contributed by atoms with E-state index in [2.05, 4.69) is 40.6 Å². The van der Waals surface area contributed by atoms with Crippen molar-refractivity contribution in [3.63, 3.8) is 0 Å². The Morgan fingerprint density at radius 2 is 2.09 bits per heavy atom. The molecule has 0 amide bonds. The van der Waals surface area contributed by atoms with Crippen LogP contribution in [-0.4, -0.2) is 46.2 Å². The number of imidazole rings is 1. The molecule has 22 heavy (non-hydrogen) atoms. The van der Waals surface area contributed by atoms with Gasteiger partial charge in [-0.1, -0.05) is 20.8 Å². The summed E-state index contributed by atoms with van der Waals surface area (Å²) in [4.78, 5) is 14.6. The molecule has 3 heterocycles. The number of nitrogens with one attached hydrogen (secondary N) is 1. The molecule has 2 aromatic heterocycles. The molecule has 5 nitrogen and oxygen atoms in total. The molecule has 118 valence electrons. The number of pyridine rings is 1. The van der Waals surface area contributed by atoms with Crippen LogP contribution in [-0.2, 0) is 4.74 Å². The molecule has 1 aliphatic rings. The van der Waals surface area contributed by atoms with Gasteiger partial charge >= 0.3 is 0 Å². The molecule has 3 rings (SSSR count). The topological polar surface area (TPSA) is 54.0 Å². The Hall–Kier alpha value is -1.72. The van der Waals surface area contributed by atoms with Crippen molar-refractivity contribution < 1.29 is 4.74 Å². The van der Waals surface area contributed by atoms with Crippen LogP contribution in [0.1, 0.15) is 32.6 Å². The van der Waals surface area contributed by atoms with Gasteiger partial charge in [0.1, 0.15) is 5.82 Å². The maximum Gasteiger partial charge on any atom is 0.126 e. The second kappa shape index (κ2) is 6.18. The van der Waals surface area contributed by atoms with Crippen LogP contribution in [0.2, 0.25) is 0 Å². The van der Waals surface area contributed by atoms with Crippen LogP contribution in [0.3, 0.4) is 0 Å². The third-order valence-electron chi connectivity index (χ3n) is 3.82. The van der Waals surface area contributed by atoms with Crippen LogP contribution in [0.15, 0.2) is 30.7 Å². The van der Waals surface area contributed by atoms with Crippen molar-refractivity contribution in [3.05, 3.63) is 36.5 Å². The van der Waals surface area contributed by atoms with Gasteiger partial charge in [-0.2, -0.15) is 0 Å². The van der Waals surface area contributed by atoms with Gasteiger partial charge in [-0.05, 0) is 17.5 Å². The van der Waals surface area contributed by atoms with E-state index in [4.69, 9.17) is 4.74 Å². The monoisotopic (exact) mass is 300 g/mol. The van der Waals surface area contributed by atoms with Crippen LogP contribution in [0, 0.1) is 5.41 Å². The van der Waals surface area contributed by atoms with E-state index in [-0.39, 0.29) is 11.5 Å². The van der Waals surface area contributed by atoms with Crippen molar-refractivity contribution in [2.24, 2.45) is 5.41 Å². The largest absolute Gasteiger partial charge is 0.378 e. The number of aromatic nitrogens is 3. The summed E-state index contributed by atoms with van der Waals surface area (Å²) in [5.41, 5.74) is 2.39. The molecule has 0 aromatic carbocycles. The van der Waals surface area contributed by atoms with Gasteiger partial charge in [0.2, 0.25) is 0 Å². The lowest BCUT2D eigenvalue weighted by atomic mass is 9.95. The highest BCUT2D eigenvalue weighted by Gasteiger charge is 2.29. The minimum Gasteiger partial charge on any atom is -0.378 e. The lowest BCUT2D eigenvalue weighted by Gasteiger charge is -2.38. The quantitative estimate of drug-likeness (QED) is 0.947. The normalized spacial score (nSPS) is 20.2. The van der Waals surface area contributed by atoms with Crippen LogP contribution in [0.5, 0.6) is 0 Å². The van der Waals surface area contributed by atoms with Gasteiger partial charge in [-0.3, -0.25) is 9.88 Å². The fourth-order valence-electron chi connectivity index (χ4n) is 2.87. The number of morpholine rings is 1. The van der Waals surface area contributed by atoms with Crippen LogP contribution in [0.25, 0.3) is 11.3 Å². The summed E-state index contributed by atoms with van der Waals surface area (Å²) in [6, 6.07) is 4.17. The molecule has 2 aromatic rings. The fraction of sp³-hybridized carbons (Fsp3) is 0.529. The first-order valence-electron chi connectivity index (χ1n) is 7.80. The molecular weight excluding hydrogens is 276 g/mol. The van der Waals surface area contributed by atoms with Gasteiger partial charge in [-0.25, -0.2) is 4.98 Å². The van der Waals surface area contributed by atoms with E-state index in [1.807, 2.05) is 18.3 Å². The average Bonchev–Trinajstić information content (AvgIpc) is 2.97. The number of rotatable bonds is 3. The van der Waals surface area contributed by atoms with E-state index in [1.54, 1.807) is 12.4 Å². The molecule has 1 saturated heterocycles. The number of hydrogen-bond acceptors (Lipinski definition) is 4. The molecule has 0 saturated carbocycles. The molecule has 1 aliphatic heterocycles. The van der Waals surface area contributed by atoms with E-state index in [0.29, 0.717) is 6.61 Å². The minimum atomic E-state index is 0.198. The summed E-state index contributed by atoms with van der Waals surface area (Å²) in [6.07, 6.45) is 5.49. The number of aromatic amines is 1. The van der Waals surface area contributed by atoms with Gasteiger partial charge in [0.15, 0.2) is 0 Å². The maximum atomic E-state index is 5.68. The Morgan fingerprint density at radius 3 is 2.82 bits per heavy atom. The SMILES string of the molecule is CC(C)(C)CN1CCOC[C@H]1c1ncc(-c2ccncc2)[nH]1. The zero-order valence-electron chi connectivity index (χ0n) is 13.5. The molecule has 0 bridgehead atoms. The molecule has 1 atom stereocenters. The molecular formula is C17H24N4O. The molecule has 1 N–H and O–H groups in total. The van der Waals surface area contributed by atoms with E-state index in [0.717, 1.165) is 36.8 Å². The Kier molecular flexibility index (Phi) is 4.27. The molecule has 0 aliphatic carbocycles. The summed E-state index contributed by atoms with van der Waals surface area (Å²) in [5, 5.41) is 0. The summed E-state index contributed by atoms with van der Waals surface area (Å²) >= 11 is 0. The highest BCUT2D eigenvalue weighted by atomic mass is 16.5. The second-order valence-electron chi connectivity index (χ2n) is 7.04. The highest BCUT2D eigenvalue weighted by Crippen LogP contribution is 2.28. The van der Waals surface area contributed by atoms with Crippen LogP contribution < -0.4 is 0 Å². The van der Waals surface area contributed by atoms with Crippen LogP contribution >= 0.6 is 0 Å². The molecule has 1 fully saturated rings. The van der Waals surface area contributed by atoms with E-state index in [9.17, 15) is 0 Å². The fourth-order valence-corrected chi connectivity index (χ4v) is 2.87. The number of hydrogen-bond donors (Lipinski definition) is 1. The first-order valence-corrected chi connectivity index (χ1v) is 7.80. The number of ether oxygens (including phenoxy) is 1. The summed E-state index contributed by atoms with van der Waals surface area (Å²) < 4.78 is 5.68. The van der Waals surface area contributed by atoms with Gasteiger partial charge in [0.05, 0.1) is 31.1 Å². The highest BCUT2D eigenvalue weighted by molar-refractivity contribution is 5.57. The maximum absolute atomic E-state index is 5.68. The van der Waals surface area contributed by atoms with Crippen molar-refractivity contribution in [1.29, 1.82) is 0 Å². The lowest BCUT2D eigenvalue weighted by molar-refractivity contribution is -0.0246. The van der Waals surface area contributed by atoms with Crippen molar-refractivity contribution >= 4 is 0 Å². The Bertz CT molecular complexity index is 603. The van der Waals surface area contributed by atoms with Crippen LogP contribution in [0.4, 0.5) is 0 Å². The Morgan fingerprint density at radius 1 is 1.32 bits per heavy atom. The average molecular weight is 300 g/mol. The summed E-state index contributed by atoms with van der Waals surface area (Å²) in [6.45, 7) is 10.3. The number of nitrogens with zero attached hydrogens (tertiary/aromatic N) is 3. The van der Waals surface area contributed by atoms with Gasteiger partial charge in [0.25, 0.3) is 0 Å². The third kappa shape index (κ3) is 3.54. The Labute approximate surface area is 131 Å². The molecule has 5 heteroatoms. The zero-order chi connectivity index (χ0) is 15.6. The van der Waals surface area contributed by atoms with Crippen molar-refractivity contribution in [2.45, 2.75) is 26.8 Å². The van der Waals surface area contributed by atoms with Gasteiger partial charge in [0, 0.05) is 31.0 Å². The predicted octanol–water partition coefficient (Wildman–Crippen LogP) is 2.89. The summed E-state index contributed by atoms with van der Waals surface area (Å²) in [7, 11) is 0. The minimum absolute atomic E-state index is 0.198.